The van der Waals surface area contributed by atoms with Gasteiger partial charge in [0.15, 0.2) is 0 Å². The Kier molecular flexibility index (Phi) is 10.3. The molecular weight excluding hydrogens is 522 g/mol. The molecule has 3 aromatic carbocycles. The molecule has 0 bridgehead atoms. The van der Waals surface area contributed by atoms with Crippen LogP contribution in [0.2, 0.25) is 5.02 Å². The molecule has 0 radical (unpaired) electrons. The fraction of sp³-hybridized carbons (Fsp3) is 0.310. The van der Waals surface area contributed by atoms with Crippen LogP contribution in [0.4, 0.5) is 5.69 Å². The summed E-state index contributed by atoms with van der Waals surface area (Å²) in [5.74, 6) is -0.484. The first-order valence-electron chi connectivity index (χ1n) is 12.4. The summed E-state index contributed by atoms with van der Waals surface area (Å²) in [5.41, 5.74) is 3.35. The molecule has 0 heterocycles. The number of halogens is 1. The van der Waals surface area contributed by atoms with Gasteiger partial charge in [0.25, 0.3) is 0 Å². The van der Waals surface area contributed by atoms with Crippen LogP contribution >= 0.6 is 11.6 Å². The second-order valence-corrected chi connectivity index (χ2v) is 11.6. The maximum absolute atomic E-state index is 13.7. The van der Waals surface area contributed by atoms with E-state index in [1.807, 2.05) is 61.5 Å². The lowest BCUT2D eigenvalue weighted by atomic mass is 10.0. The summed E-state index contributed by atoms with van der Waals surface area (Å²) < 4.78 is 26.2. The molecule has 0 spiro atoms. The molecule has 1 N–H and O–H groups in total. The minimum absolute atomic E-state index is 0.0701. The quantitative estimate of drug-likeness (QED) is 0.354. The summed E-state index contributed by atoms with van der Waals surface area (Å²) in [6.45, 7) is 2.34. The van der Waals surface area contributed by atoms with Crippen molar-refractivity contribution >= 4 is 39.1 Å². The third-order valence-electron chi connectivity index (χ3n) is 6.20. The molecule has 9 heteroatoms. The van der Waals surface area contributed by atoms with Crippen LogP contribution in [0.15, 0.2) is 78.9 Å². The van der Waals surface area contributed by atoms with Crippen molar-refractivity contribution in [3.05, 3.63) is 101 Å². The van der Waals surface area contributed by atoms with Gasteiger partial charge in [-0.2, -0.15) is 0 Å². The van der Waals surface area contributed by atoms with E-state index >= 15 is 0 Å². The molecule has 0 fully saturated rings. The van der Waals surface area contributed by atoms with E-state index in [0.29, 0.717) is 17.1 Å². The van der Waals surface area contributed by atoms with Crippen LogP contribution in [0, 0.1) is 6.92 Å². The fourth-order valence-corrected chi connectivity index (χ4v) is 5.50. The molecule has 0 aliphatic carbocycles. The van der Waals surface area contributed by atoms with Crippen LogP contribution in [0.25, 0.3) is 0 Å². The third kappa shape index (κ3) is 8.33. The fourth-order valence-electron chi connectivity index (χ4n) is 4.36. The minimum atomic E-state index is -3.59. The molecule has 0 aromatic heterocycles. The van der Waals surface area contributed by atoms with Gasteiger partial charge < -0.3 is 10.2 Å². The number of nitrogens with one attached hydrogen (secondary N) is 1. The highest BCUT2D eigenvalue weighted by Gasteiger charge is 2.30. The highest BCUT2D eigenvalue weighted by atomic mass is 35.5. The predicted octanol–water partition coefficient (Wildman–Crippen LogP) is 4.58. The normalized spacial score (nSPS) is 12.0. The van der Waals surface area contributed by atoms with E-state index in [9.17, 15) is 18.0 Å². The Morgan fingerprint density at radius 2 is 1.63 bits per heavy atom. The molecule has 0 aliphatic rings. The van der Waals surface area contributed by atoms with Crippen molar-refractivity contribution in [1.82, 2.24) is 10.2 Å². The van der Waals surface area contributed by atoms with Crippen molar-refractivity contribution in [2.24, 2.45) is 0 Å². The predicted molar refractivity (Wildman–Crippen MR) is 153 cm³/mol. The zero-order chi connectivity index (χ0) is 27.7. The van der Waals surface area contributed by atoms with Gasteiger partial charge in [0.1, 0.15) is 6.04 Å². The molecule has 38 heavy (non-hydrogen) atoms. The lowest BCUT2D eigenvalue weighted by Crippen LogP contribution is -2.49. The minimum Gasteiger partial charge on any atom is -0.357 e. The topological polar surface area (TPSA) is 86.8 Å². The lowest BCUT2D eigenvalue weighted by molar-refractivity contribution is -0.141. The number of anilines is 1. The first kappa shape index (κ1) is 29.2. The Balaban J connectivity index is 1.84. The molecule has 3 rings (SSSR count). The van der Waals surface area contributed by atoms with Gasteiger partial charge in [-0.1, -0.05) is 77.8 Å². The van der Waals surface area contributed by atoms with Crippen molar-refractivity contribution in [2.45, 2.75) is 38.8 Å². The molecule has 0 saturated heterocycles. The number of hydrogen-bond donors (Lipinski definition) is 1. The van der Waals surface area contributed by atoms with E-state index < -0.39 is 16.1 Å². The number of nitrogens with zero attached hydrogens (tertiary/aromatic N) is 2. The van der Waals surface area contributed by atoms with Gasteiger partial charge in [0.2, 0.25) is 21.8 Å². The SMILES string of the molecule is CNC(=O)[C@@H](Cc1ccccc1)N(Cc1cccc(C)c1)C(=O)CCCN(c1cccc(Cl)c1)S(C)(=O)=O. The maximum atomic E-state index is 13.7. The number of carbonyl (C=O) groups excluding carboxylic acids is 2. The Morgan fingerprint density at radius 1 is 0.947 bits per heavy atom. The van der Waals surface area contributed by atoms with Gasteiger partial charge in [0, 0.05) is 38.0 Å². The molecule has 202 valence electrons. The van der Waals surface area contributed by atoms with Gasteiger partial charge in [-0.25, -0.2) is 8.42 Å². The van der Waals surface area contributed by atoms with Crippen LogP contribution in [-0.2, 0) is 32.6 Å². The lowest BCUT2D eigenvalue weighted by Gasteiger charge is -2.31. The molecule has 7 nitrogen and oxygen atoms in total. The molecule has 1 atom stereocenters. The largest absolute Gasteiger partial charge is 0.357 e. The van der Waals surface area contributed by atoms with Crippen molar-refractivity contribution in [2.75, 3.05) is 24.2 Å². The van der Waals surface area contributed by atoms with Crippen molar-refractivity contribution in [1.29, 1.82) is 0 Å². The molecular formula is C29H34ClN3O4S. The van der Waals surface area contributed by atoms with Crippen LogP contribution < -0.4 is 9.62 Å². The maximum Gasteiger partial charge on any atom is 0.242 e. The number of benzene rings is 3. The van der Waals surface area contributed by atoms with Crippen molar-refractivity contribution in [3.63, 3.8) is 0 Å². The summed E-state index contributed by atoms with van der Waals surface area (Å²) in [6.07, 6.45) is 1.83. The molecule has 3 aromatic rings. The number of sulfonamides is 1. The first-order valence-corrected chi connectivity index (χ1v) is 14.6. The van der Waals surface area contributed by atoms with E-state index in [4.69, 9.17) is 11.6 Å². The zero-order valence-corrected chi connectivity index (χ0v) is 23.5. The highest BCUT2D eigenvalue weighted by Crippen LogP contribution is 2.23. The van der Waals surface area contributed by atoms with Gasteiger partial charge >= 0.3 is 0 Å². The smallest absolute Gasteiger partial charge is 0.242 e. The second-order valence-electron chi connectivity index (χ2n) is 9.25. The van der Waals surface area contributed by atoms with Gasteiger partial charge in [0.05, 0.1) is 11.9 Å². The monoisotopic (exact) mass is 555 g/mol. The Hall–Kier alpha value is -3.36. The van der Waals surface area contributed by atoms with Crippen molar-refractivity contribution in [3.8, 4) is 0 Å². The van der Waals surface area contributed by atoms with E-state index in [2.05, 4.69) is 5.32 Å². The zero-order valence-electron chi connectivity index (χ0n) is 21.9. The standard InChI is InChI=1S/C29H34ClN3O4S/c1-22-10-7-13-24(18-22)21-32(27(29(35)31-2)19-23-11-5-4-6-12-23)28(34)16-9-17-33(38(3,36)37)26-15-8-14-25(30)20-26/h4-8,10-15,18,20,27H,9,16-17,19,21H2,1-3H3,(H,31,35)/t27-/m1/s1. The van der Waals surface area contributed by atoms with Crippen LogP contribution in [0.1, 0.15) is 29.5 Å². The molecule has 0 aliphatic heterocycles. The van der Waals surface area contributed by atoms with E-state index in [1.165, 1.54) is 4.31 Å². The second kappa shape index (κ2) is 13.4. The molecule has 0 unspecified atom stereocenters. The summed E-state index contributed by atoms with van der Waals surface area (Å²) in [7, 11) is -2.03. The summed E-state index contributed by atoms with van der Waals surface area (Å²) in [6, 6.07) is 23.3. The van der Waals surface area contributed by atoms with Crippen molar-refractivity contribution < 1.29 is 18.0 Å². The van der Waals surface area contributed by atoms with Crippen LogP contribution in [0.3, 0.4) is 0 Å². The van der Waals surface area contributed by atoms with Gasteiger partial charge in [-0.05, 0) is 42.7 Å². The number of likely N-dealkylation sites (N-methyl/N-ethyl adjacent to an activating group) is 1. The number of carbonyl (C=O) groups is 2. The van der Waals surface area contributed by atoms with E-state index in [1.54, 1.807) is 36.2 Å². The first-order chi connectivity index (χ1) is 18.1. The average molecular weight is 556 g/mol. The van der Waals surface area contributed by atoms with Crippen LogP contribution in [-0.4, -0.2) is 51.0 Å². The molecule has 2 amide bonds. The summed E-state index contributed by atoms with van der Waals surface area (Å²) >= 11 is 6.08. The Bertz CT molecular complexity index is 1350. The third-order valence-corrected chi connectivity index (χ3v) is 7.63. The summed E-state index contributed by atoms with van der Waals surface area (Å²) in [5, 5.41) is 3.13. The number of aryl methyl sites for hydroxylation is 1. The highest BCUT2D eigenvalue weighted by molar-refractivity contribution is 7.92. The van der Waals surface area contributed by atoms with Gasteiger partial charge in [-0.3, -0.25) is 13.9 Å². The number of hydrogen-bond acceptors (Lipinski definition) is 4. The number of rotatable bonds is 12. The van der Waals surface area contributed by atoms with Gasteiger partial charge in [-0.15, -0.1) is 0 Å². The molecule has 0 saturated carbocycles. The van der Waals surface area contributed by atoms with E-state index in [-0.39, 0.29) is 37.7 Å². The number of amides is 2. The summed E-state index contributed by atoms with van der Waals surface area (Å²) in [4.78, 5) is 28.3. The van der Waals surface area contributed by atoms with Crippen LogP contribution in [0.5, 0.6) is 0 Å². The Labute approximate surface area is 230 Å². The van der Waals surface area contributed by atoms with E-state index in [0.717, 1.165) is 22.9 Å². The average Bonchev–Trinajstić information content (AvgIpc) is 2.88. The Morgan fingerprint density at radius 3 is 2.26 bits per heavy atom.